The molecule has 0 unspecified atom stereocenters. The van der Waals surface area contributed by atoms with Gasteiger partial charge in [-0.3, -0.25) is 9.59 Å². The molecule has 0 aliphatic heterocycles. The van der Waals surface area contributed by atoms with Gasteiger partial charge in [0.25, 0.3) is 0 Å². The van der Waals surface area contributed by atoms with Crippen LogP contribution in [0.25, 0.3) is 0 Å². The van der Waals surface area contributed by atoms with Gasteiger partial charge in [-0.25, -0.2) is 0 Å². The average Bonchev–Trinajstić information content (AvgIpc) is 2.54. The maximum Gasteiger partial charge on any atom is 0.313 e. The van der Waals surface area contributed by atoms with Crippen molar-refractivity contribution in [1.29, 1.82) is 0 Å². The normalized spacial score (nSPS) is 12.2. The molecule has 0 spiro atoms. The zero-order valence-corrected chi connectivity index (χ0v) is 15.9. The van der Waals surface area contributed by atoms with E-state index in [0.29, 0.717) is 44.9 Å². The SMILES string of the molecule is CCCC(CCC)(C(=O)O)C(CCC)(CCC)C(=O)OCCCO. The van der Waals surface area contributed by atoms with Gasteiger partial charge in [-0.15, -0.1) is 0 Å². The van der Waals surface area contributed by atoms with Crippen molar-refractivity contribution < 1.29 is 24.5 Å². The summed E-state index contributed by atoms with van der Waals surface area (Å²) in [5, 5.41) is 19.1. The van der Waals surface area contributed by atoms with Crippen molar-refractivity contribution >= 4 is 11.9 Å². The van der Waals surface area contributed by atoms with Crippen LogP contribution in [0.3, 0.4) is 0 Å². The van der Waals surface area contributed by atoms with Crippen LogP contribution < -0.4 is 0 Å². The summed E-state index contributed by atoms with van der Waals surface area (Å²) < 4.78 is 5.44. The Morgan fingerprint density at radius 1 is 0.833 bits per heavy atom. The first kappa shape index (κ1) is 22.9. The van der Waals surface area contributed by atoms with Crippen LogP contribution in [0.4, 0.5) is 0 Å². The minimum Gasteiger partial charge on any atom is -0.481 e. The number of ether oxygens (including phenoxy) is 1. The van der Waals surface area contributed by atoms with Gasteiger partial charge in [-0.1, -0.05) is 53.4 Å². The van der Waals surface area contributed by atoms with E-state index in [4.69, 9.17) is 9.84 Å². The predicted octanol–water partition coefficient (Wildman–Crippen LogP) is 4.17. The largest absolute Gasteiger partial charge is 0.481 e. The fraction of sp³-hybridized carbons (Fsp3) is 0.895. The summed E-state index contributed by atoms with van der Waals surface area (Å²) in [6.45, 7) is 7.99. The van der Waals surface area contributed by atoms with Crippen molar-refractivity contribution in [3.8, 4) is 0 Å². The molecule has 0 aromatic heterocycles. The fourth-order valence-corrected chi connectivity index (χ4v) is 4.10. The lowest BCUT2D eigenvalue weighted by molar-refractivity contribution is -0.183. The van der Waals surface area contributed by atoms with Gasteiger partial charge in [0, 0.05) is 13.0 Å². The molecular formula is C19H36O5. The molecule has 0 amide bonds. The summed E-state index contributed by atoms with van der Waals surface area (Å²) in [7, 11) is 0. The monoisotopic (exact) mass is 344 g/mol. The highest BCUT2D eigenvalue weighted by molar-refractivity contribution is 5.87. The zero-order valence-electron chi connectivity index (χ0n) is 15.9. The smallest absolute Gasteiger partial charge is 0.313 e. The minimum atomic E-state index is -1.08. The number of esters is 1. The minimum absolute atomic E-state index is 0.0458. The van der Waals surface area contributed by atoms with Crippen LogP contribution in [0.2, 0.25) is 0 Å². The number of aliphatic hydroxyl groups is 1. The third-order valence-corrected chi connectivity index (χ3v) is 4.96. The van der Waals surface area contributed by atoms with Gasteiger partial charge in [-0.05, 0) is 25.7 Å². The first-order valence-electron chi connectivity index (χ1n) is 9.43. The summed E-state index contributed by atoms with van der Waals surface area (Å²) in [6.07, 6.45) is 5.26. The van der Waals surface area contributed by atoms with Gasteiger partial charge in [-0.2, -0.15) is 0 Å². The molecule has 5 nitrogen and oxygen atoms in total. The summed E-state index contributed by atoms with van der Waals surface area (Å²) in [4.78, 5) is 25.4. The van der Waals surface area contributed by atoms with Crippen molar-refractivity contribution in [3.05, 3.63) is 0 Å². The highest BCUT2D eigenvalue weighted by Crippen LogP contribution is 2.53. The van der Waals surface area contributed by atoms with Crippen LogP contribution in [-0.2, 0) is 14.3 Å². The number of carbonyl (C=O) groups is 2. The fourth-order valence-electron chi connectivity index (χ4n) is 4.10. The summed E-state index contributed by atoms with van der Waals surface area (Å²) >= 11 is 0. The van der Waals surface area contributed by atoms with Crippen LogP contribution >= 0.6 is 0 Å². The highest BCUT2D eigenvalue weighted by atomic mass is 16.5. The quantitative estimate of drug-likeness (QED) is 0.365. The molecule has 0 aromatic carbocycles. The van der Waals surface area contributed by atoms with Gasteiger partial charge in [0.2, 0.25) is 0 Å². The number of carboxylic acid groups (broad SMARTS) is 1. The molecular weight excluding hydrogens is 308 g/mol. The number of hydrogen-bond donors (Lipinski definition) is 2. The molecule has 0 radical (unpaired) electrons. The maximum atomic E-state index is 13.1. The third kappa shape index (κ3) is 4.95. The Hall–Kier alpha value is -1.10. The second-order valence-corrected chi connectivity index (χ2v) is 6.68. The van der Waals surface area contributed by atoms with Crippen LogP contribution in [0.5, 0.6) is 0 Å². The molecule has 142 valence electrons. The first-order chi connectivity index (χ1) is 11.4. The number of rotatable bonds is 14. The molecule has 0 saturated carbocycles. The van der Waals surface area contributed by atoms with E-state index in [0.717, 1.165) is 12.8 Å². The Morgan fingerprint density at radius 3 is 1.58 bits per heavy atom. The van der Waals surface area contributed by atoms with E-state index in [1.165, 1.54) is 0 Å². The van der Waals surface area contributed by atoms with Gasteiger partial charge in [0.15, 0.2) is 0 Å². The second kappa shape index (κ2) is 11.5. The molecule has 0 heterocycles. The molecule has 5 heteroatoms. The predicted molar refractivity (Wildman–Crippen MR) is 94.8 cm³/mol. The molecule has 0 aliphatic carbocycles. The molecule has 0 fully saturated rings. The topological polar surface area (TPSA) is 83.8 Å². The van der Waals surface area contributed by atoms with Crippen LogP contribution in [-0.4, -0.2) is 35.4 Å². The molecule has 0 bridgehead atoms. The van der Waals surface area contributed by atoms with Crippen molar-refractivity contribution in [2.24, 2.45) is 10.8 Å². The van der Waals surface area contributed by atoms with E-state index < -0.39 is 22.8 Å². The van der Waals surface area contributed by atoms with E-state index in [-0.39, 0.29) is 13.2 Å². The first-order valence-corrected chi connectivity index (χ1v) is 9.43. The van der Waals surface area contributed by atoms with E-state index in [9.17, 15) is 14.7 Å². The Bertz CT molecular complexity index is 366. The lowest BCUT2D eigenvalue weighted by Gasteiger charge is -2.46. The average molecular weight is 344 g/mol. The molecule has 0 aliphatic rings. The summed E-state index contributed by atoms with van der Waals surface area (Å²) in [6, 6.07) is 0. The Morgan fingerprint density at radius 2 is 1.25 bits per heavy atom. The van der Waals surface area contributed by atoms with Crippen molar-refractivity contribution in [2.75, 3.05) is 13.2 Å². The van der Waals surface area contributed by atoms with E-state index in [1.807, 2.05) is 27.7 Å². The number of carboxylic acids is 1. The Labute approximate surface area is 146 Å². The summed E-state index contributed by atoms with van der Waals surface area (Å²) in [5.74, 6) is -1.28. The standard InChI is InChI=1S/C19H36O5/c1-5-10-18(11-6-2,16(21)22)19(12-7-3,13-8-4)17(23)24-15-9-14-20/h20H,5-15H2,1-4H3,(H,21,22). The van der Waals surface area contributed by atoms with Gasteiger partial charge < -0.3 is 14.9 Å². The number of aliphatic hydroxyl groups excluding tert-OH is 1. The zero-order chi connectivity index (χ0) is 18.6. The second-order valence-electron chi connectivity index (χ2n) is 6.68. The van der Waals surface area contributed by atoms with E-state index in [1.54, 1.807) is 0 Å². The Kier molecular flexibility index (Phi) is 10.9. The van der Waals surface area contributed by atoms with Crippen LogP contribution in [0.1, 0.15) is 85.5 Å². The molecule has 2 N–H and O–H groups in total. The van der Waals surface area contributed by atoms with Crippen molar-refractivity contribution in [3.63, 3.8) is 0 Å². The Balaban J connectivity index is 6.06. The summed E-state index contributed by atoms with van der Waals surface area (Å²) in [5.41, 5.74) is -2.08. The molecule has 24 heavy (non-hydrogen) atoms. The third-order valence-electron chi connectivity index (χ3n) is 4.96. The maximum absolute atomic E-state index is 13.1. The van der Waals surface area contributed by atoms with Gasteiger partial charge >= 0.3 is 11.9 Å². The van der Waals surface area contributed by atoms with Crippen molar-refractivity contribution in [1.82, 2.24) is 0 Å². The molecule has 0 aromatic rings. The molecule has 0 atom stereocenters. The van der Waals surface area contributed by atoms with Crippen molar-refractivity contribution in [2.45, 2.75) is 85.5 Å². The highest BCUT2D eigenvalue weighted by Gasteiger charge is 2.59. The van der Waals surface area contributed by atoms with E-state index in [2.05, 4.69) is 0 Å². The molecule has 0 rings (SSSR count). The van der Waals surface area contributed by atoms with Gasteiger partial charge in [0.1, 0.15) is 0 Å². The number of aliphatic carboxylic acids is 1. The van der Waals surface area contributed by atoms with Crippen LogP contribution in [0, 0.1) is 10.8 Å². The lowest BCUT2D eigenvalue weighted by Crippen LogP contribution is -2.53. The van der Waals surface area contributed by atoms with Gasteiger partial charge in [0.05, 0.1) is 17.4 Å². The lowest BCUT2D eigenvalue weighted by atomic mass is 9.55. The molecule has 0 saturated heterocycles. The van der Waals surface area contributed by atoms with Crippen LogP contribution in [0.15, 0.2) is 0 Å². The number of carbonyl (C=O) groups excluding carboxylic acids is 1. The van der Waals surface area contributed by atoms with E-state index >= 15 is 0 Å². The number of hydrogen-bond acceptors (Lipinski definition) is 4.